The van der Waals surface area contributed by atoms with Crippen molar-refractivity contribution in [3.05, 3.63) is 33.8 Å². The number of amides is 1. The Bertz CT molecular complexity index is 483. The SMILES string of the molecule is O=C([C@@H]1CCCCN1)N1CCc2c(Br)cccc2C1. The first kappa shape index (κ1) is 13.1. The molecule has 0 spiro atoms. The van der Waals surface area contributed by atoms with Crippen molar-refractivity contribution >= 4 is 21.8 Å². The third kappa shape index (κ3) is 2.70. The third-order valence-corrected chi connectivity index (χ3v) is 4.87. The van der Waals surface area contributed by atoms with Gasteiger partial charge in [-0.25, -0.2) is 0 Å². The van der Waals surface area contributed by atoms with E-state index in [4.69, 9.17) is 0 Å². The fourth-order valence-electron chi connectivity index (χ4n) is 3.03. The quantitative estimate of drug-likeness (QED) is 0.861. The Morgan fingerprint density at radius 2 is 2.26 bits per heavy atom. The van der Waals surface area contributed by atoms with E-state index in [2.05, 4.69) is 39.4 Å². The van der Waals surface area contributed by atoms with Gasteiger partial charge in [0.15, 0.2) is 0 Å². The van der Waals surface area contributed by atoms with Crippen LogP contribution >= 0.6 is 15.9 Å². The summed E-state index contributed by atoms with van der Waals surface area (Å²) in [6.45, 7) is 2.57. The molecule has 1 amide bonds. The number of rotatable bonds is 1. The molecule has 1 saturated heterocycles. The Morgan fingerprint density at radius 3 is 3.05 bits per heavy atom. The van der Waals surface area contributed by atoms with Gasteiger partial charge in [-0.15, -0.1) is 0 Å². The van der Waals surface area contributed by atoms with Crippen molar-refractivity contribution in [2.75, 3.05) is 13.1 Å². The summed E-state index contributed by atoms with van der Waals surface area (Å²) in [7, 11) is 0. The van der Waals surface area contributed by atoms with Crippen molar-refractivity contribution in [1.82, 2.24) is 10.2 Å². The molecule has 3 nitrogen and oxygen atoms in total. The number of carbonyl (C=O) groups is 1. The van der Waals surface area contributed by atoms with Crippen molar-refractivity contribution in [1.29, 1.82) is 0 Å². The zero-order chi connectivity index (χ0) is 13.2. The Morgan fingerprint density at radius 1 is 1.37 bits per heavy atom. The van der Waals surface area contributed by atoms with E-state index >= 15 is 0 Å². The summed E-state index contributed by atoms with van der Waals surface area (Å²) in [6, 6.07) is 6.31. The fourth-order valence-corrected chi connectivity index (χ4v) is 3.64. The maximum Gasteiger partial charge on any atom is 0.240 e. The van der Waals surface area contributed by atoms with E-state index in [0.29, 0.717) is 0 Å². The molecule has 1 aromatic carbocycles. The molecule has 2 heterocycles. The molecule has 0 unspecified atom stereocenters. The highest BCUT2D eigenvalue weighted by atomic mass is 79.9. The van der Waals surface area contributed by atoms with E-state index in [1.165, 1.54) is 28.4 Å². The summed E-state index contributed by atoms with van der Waals surface area (Å²) in [5, 5.41) is 3.35. The molecule has 102 valence electrons. The second kappa shape index (κ2) is 5.63. The maximum absolute atomic E-state index is 12.5. The third-order valence-electron chi connectivity index (χ3n) is 4.13. The topological polar surface area (TPSA) is 32.3 Å². The summed E-state index contributed by atoms with van der Waals surface area (Å²) in [5.41, 5.74) is 2.65. The van der Waals surface area contributed by atoms with Crippen LogP contribution in [0.2, 0.25) is 0 Å². The first-order valence-electron chi connectivity index (χ1n) is 7.04. The number of nitrogens with zero attached hydrogens (tertiary/aromatic N) is 1. The van der Waals surface area contributed by atoms with E-state index in [0.717, 1.165) is 32.5 Å². The first-order valence-corrected chi connectivity index (χ1v) is 7.83. The molecule has 19 heavy (non-hydrogen) atoms. The van der Waals surface area contributed by atoms with Crippen molar-refractivity contribution in [3.63, 3.8) is 0 Å². The molecule has 1 aromatic rings. The van der Waals surface area contributed by atoms with Crippen LogP contribution in [-0.4, -0.2) is 29.9 Å². The number of halogens is 1. The molecular weight excluding hydrogens is 304 g/mol. The molecule has 0 radical (unpaired) electrons. The lowest BCUT2D eigenvalue weighted by molar-refractivity contribution is -0.135. The zero-order valence-corrected chi connectivity index (χ0v) is 12.6. The molecule has 0 bridgehead atoms. The molecule has 3 rings (SSSR count). The van der Waals surface area contributed by atoms with Gasteiger partial charge in [-0.3, -0.25) is 4.79 Å². The molecule has 4 heteroatoms. The first-order chi connectivity index (χ1) is 9.25. The van der Waals surface area contributed by atoms with Gasteiger partial charge in [0.2, 0.25) is 5.91 Å². The minimum absolute atomic E-state index is 0.0439. The molecule has 2 aliphatic heterocycles. The van der Waals surface area contributed by atoms with Crippen LogP contribution in [0.3, 0.4) is 0 Å². The standard InChI is InChI=1S/C15H19BrN2O/c16-13-5-3-4-11-10-18(9-7-12(11)13)15(19)14-6-1-2-8-17-14/h3-5,14,17H,1-2,6-10H2/t14-/m0/s1. The second-order valence-electron chi connectivity index (χ2n) is 5.39. The summed E-state index contributed by atoms with van der Waals surface area (Å²) in [4.78, 5) is 14.5. The summed E-state index contributed by atoms with van der Waals surface area (Å²) < 4.78 is 1.17. The van der Waals surface area contributed by atoms with Gasteiger partial charge in [0, 0.05) is 17.6 Å². The molecule has 1 atom stereocenters. The molecule has 0 aliphatic carbocycles. The van der Waals surface area contributed by atoms with Gasteiger partial charge in [0.25, 0.3) is 0 Å². The fraction of sp³-hybridized carbons (Fsp3) is 0.533. The van der Waals surface area contributed by atoms with Crippen LogP contribution in [0.5, 0.6) is 0 Å². The number of nitrogens with one attached hydrogen (secondary N) is 1. The van der Waals surface area contributed by atoms with E-state index in [1.807, 2.05) is 4.90 Å². The van der Waals surface area contributed by atoms with E-state index in [9.17, 15) is 4.79 Å². The predicted molar refractivity (Wildman–Crippen MR) is 78.9 cm³/mol. The minimum atomic E-state index is 0.0439. The van der Waals surface area contributed by atoms with Gasteiger partial charge in [0.05, 0.1) is 6.04 Å². The number of fused-ring (bicyclic) bond motifs is 1. The Balaban J connectivity index is 1.73. The second-order valence-corrected chi connectivity index (χ2v) is 6.24. The van der Waals surface area contributed by atoms with Crippen LogP contribution in [0.15, 0.2) is 22.7 Å². The molecule has 0 saturated carbocycles. The van der Waals surface area contributed by atoms with Gasteiger partial charge in [-0.05, 0) is 43.0 Å². The Labute approximate surface area is 122 Å². The largest absolute Gasteiger partial charge is 0.337 e. The Kier molecular flexibility index (Phi) is 3.89. The van der Waals surface area contributed by atoms with Gasteiger partial charge in [-0.1, -0.05) is 34.5 Å². The van der Waals surface area contributed by atoms with Gasteiger partial charge in [-0.2, -0.15) is 0 Å². The van der Waals surface area contributed by atoms with Crippen molar-refractivity contribution in [3.8, 4) is 0 Å². The molecule has 2 aliphatic rings. The number of hydrogen-bond donors (Lipinski definition) is 1. The van der Waals surface area contributed by atoms with Crippen molar-refractivity contribution in [2.45, 2.75) is 38.3 Å². The van der Waals surface area contributed by atoms with Crippen LogP contribution in [-0.2, 0) is 17.8 Å². The predicted octanol–water partition coefficient (Wildman–Crippen LogP) is 2.48. The van der Waals surface area contributed by atoms with Crippen LogP contribution in [0, 0.1) is 0 Å². The summed E-state index contributed by atoms with van der Waals surface area (Å²) in [6.07, 6.45) is 4.30. The number of benzene rings is 1. The highest BCUT2D eigenvalue weighted by Crippen LogP contribution is 2.27. The number of piperidine rings is 1. The van der Waals surface area contributed by atoms with Crippen LogP contribution in [0.25, 0.3) is 0 Å². The van der Waals surface area contributed by atoms with Crippen molar-refractivity contribution < 1.29 is 4.79 Å². The number of hydrogen-bond acceptors (Lipinski definition) is 2. The minimum Gasteiger partial charge on any atom is -0.337 e. The van der Waals surface area contributed by atoms with E-state index in [1.54, 1.807) is 0 Å². The van der Waals surface area contributed by atoms with Gasteiger partial charge in [0.1, 0.15) is 0 Å². The molecule has 1 fully saturated rings. The lowest BCUT2D eigenvalue weighted by Crippen LogP contribution is -2.49. The lowest BCUT2D eigenvalue weighted by atomic mass is 9.98. The summed E-state index contributed by atoms with van der Waals surface area (Å²) >= 11 is 3.60. The number of carbonyl (C=O) groups excluding carboxylic acids is 1. The van der Waals surface area contributed by atoms with Crippen molar-refractivity contribution in [2.24, 2.45) is 0 Å². The molecular formula is C15H19BrN2O. The highest BCUT2D eigenvalue weighted by Gasteiger charge is 2.28. The van der Waals surface area contributed by atoms with Gasteiger partial charge >= 0.3 is 0 Å². The highest BCUT2D eigenvalue weighted by molar-refractivity contribution is 9.10. The van der Waals surface area contributed by atoms with Crippen LogP contribution in [0.1, 0.15) is 30.4 Å². The monoisotopic (exact) mass is 322 g/mol. The molecule has 1 N–H and O–H groups in total. The smallest absolute Gasteiger partial charge is 0.240 e. The Hall–Kier alpha value is -0.870. The normalized spacial score (nSPS) is 23.0. The molecule has 0 aromatic heterocycles. The average molecular weight is 323 g/mol. The zero-order valence-electron chi connectivity index (χ0n) is 11.0. The van der Waals surface area contributed by atoms with E-state index in [-0.39, 0.29) is 11.9 Å². The summed E-state index contributed by atoms with van der Waals surface area (Å²) in [5.74, 6) is 0.283. The van der Waals surface area contributed by atoms with E-state index < -0.39 is 0 Å². The average Bonchev–Trinajstić information content (AvgIpc) is 2.47. The maximum atomic E-state index is 12.5. The lowest BCUT2D eigenvalue weighted by Gasteiger charge is -2.33. The van der Waals surface area contributed by atoms with Crippen LogP contribution < -0.4 is 5.32 Å². The van der Waals surface area contributed by atoms with Gasteiger partial charge < -0.3 is 10.2 Å². The van der Waals surface area contributed by atoms with Crippen LogP contribution in [0.4, 0.5) is 0 Å².